The standard InChI is InChI=1S/C19H32N2/c1-5-21-13-9-12-18(21)15-20-16(2)14-19(3,4)17-10-7-6-8-11-17/h6-8,10-11,16,18,20H,5,9,12-15H2,1-4H3. The minimum absolute atomic E-state index is 0.230. The van der Waals surface area contributed by atoms with Crippen molar-refractivity contribution in [2.75, 3.05) is 19.6 Å². The van der Waals surface area contributed by atoms with E-state index < -0.39 is 0 Å². The summed E-state index contributed by atoms with van der Waals surface area (Å²) >= 11 is 0. The predicted molar refractivity (Wildman–Crippen MR) is 91.8 cm³/mol. The number of likely N-dealkylation sites (tertiary alicyclic amines) is 1. The fraction of sp³-hybridized carbons (Fsp3) is 0.684. The lowest BCUT2D eigenvalue weighted by molar-refractivity contribution is 0.249. The van der Waals surface area contributed by atoms with E-state index >= 15 is 0 Å². The first kappa shape index (κ1) is 16.5. The van der Waals surface area contributed by atoms with Crippen LogP contribution in [0.25, 0.3) is 0 Å². The molecular formula is C19H32N2. The van der Waals surface area contributed by atoms with Crippen molar-refractivity contribution in [2.24, 2.45) is 0 Å². The molecule has 0 saturated carbocycles. The summed E-state index contributed by atoms with van der Waals surface area (Å²) in [5.41, 5.74) is 1.67. The highest BCUT2D eigenvalue weighted by molar-refractivity contribution is 5.23. The molecule has 2 atom stereocenters. The summed E-state index contributed by atoms with van der Waals surface area (Å²) < 4.78 is 0. The van der Waals surface area contributed by atoms with Gasteiger partial charge in [0.15, 0.2) is 0 Å². The van der Waals surface area contributed by atoms with Gasteiger partial charge in [0.05, 0.1) is 0 Å². The molecule has 1 heterocycles. The SMILES string of the molecule is CCN1CCCC1CNC(C)CC(C)(C)c1ccccc1. The molecule has 0 spiro atoms. The van der Waals surface area contributed by atoms with Gasteiger partial charge in [-0.3, -0.25) is 4.90 Å². The van der Waals surface area contributed by atoms with Crippen LogP contribution in [0.5, 0.6) is 0 Å². The Morgan fingerprint density at radius 2 is 2.00 bits per heavy atom. The fourth-order valence-electron chi connectivity index (χ4n) is 3.72. The molecule has 2 heteroatoms. The smallest absolute Gasteiger partial charge is 0.0221 e. The summed E-state index contributed by atoms with van der Waals surface area (Å²) in [7, 11) is 0. The normalized spacial score (nSPS) is 21.6. The third-order valence-electron chi connectivity index (χ3n) is 4.98. The Kier molecular flexibility index (Phi) is 5.83. The van der Waals surface area contributed by atoms with Crippen LogP contribution in [0.1, 0.15) is 52.5 Å². The number of rotatable bonds is 7. The molecule has 21 heavy (non-hydrogen) atoms. The number of likely N-dealkylation sites (N-methyl/N-ethyl adjacent to an activating group) is 1. The summed E-state index contributed by atoms with van der Waals surface area (Å²) in [6, 6.07) is 12.2. The average molecular weight is 288 g/mol. The van der Waals surface area contributed by atoms with Crippen molar-refractivity contribution in [3.05, 3.63) is 35.9 Å². The summed E-state index contributed by atoms with van der Waals surface area (Å²) in [5, 5.41) is 3.77. The van der Waals surface area contributed by atoms with Crippen LogP contribution in [0.4, 0.5) is 0 Å². The molecule has 0 radical (unpaired) electrons. The largest absolute Gasteiger partial charge is 0.313 e. The van der Waals surface area contributed by atoms with Crippen LogP contribution in [0.3, 0.4) is 0 Å². The summed E-state index contributed by atoms with van der Waals surface area (Å²) in [6.07, 6.45) is 3.90. The van der Waals surface area contributed by atoms with Crippen molar-refractivity contribution in [1.82, 2.24) is 10.2 Å². The third kappa shape index (κ3) is 4.55. The second-order valence-electron chi connectivity index (χ2n) is 7.19. The van der Waals surface area contributed by atoms with Crippen molar-refractivity contribution in [1.29, 1.82) is 0 Å². The van der Waals surface area contributed by atoms with Crippen LogP contribution in [0, 0.1) is 0 Å². The van der Waals surface area contributed by atoms with E-state index in [0.29, 0.717) is 6.04 Å². The van der Waals surface area contributed by atoms with Crippen LogP contribution in [0.15, 0.2) is 30.3 Å². The van der Waals surface area contributed by atoms with E-state index in [2.05, 4.69) is 68.2 Å². The van der Waals surface area contributed by atoms with E-state index in [1.807, 2.05) is 0 Å². The van der Waals surface area contributed by atoms with Crippen molar-refractivity contribution < 1.29 is 0 Å². The zero-order valence-corrected chi connectivity index (χ0v) is 14.2. The van der Waals surface area contributed by atoms with Crippen molar-refractivity contribution in [3.8, 4) is 0 Å². The van der Waals surface area contributed by atoms with Crippen LogP contribution in [-0.4, -0.2) is 36.6 Å². The molecule has 1 aliphatic heterocycles. The van der Waals surface area contributed by atoms with Gasteiger partial charge in [-0.25, -0.2) is 0 Å². The van der Waals surface area contributed by atoms with E-state index in [1.54, 1.807) is 0 Å². The second-order valence-corrected chi connectivity index (χ2v) is 7.19. The third-order valence-corrected chi connectivity index (χ3v) is 4.98. The van der Waals surface area contributed by atoms with Gasteiger partial charge in [0, 0.05) is 18.6 Å². The van der Waals surface area contributed by atoms with Gasteiger partial charge in [0.1, 0.15) is 0 Å². The van der Waals surface area contributed by atoms with E-state index in [0.717, 1.165) is 12.6 Å². The highest BCUT2D eigenvalue weighted by Gasteiger charge is 2.26. The van der Waals surface area contributed by atoms with Gasteiger partial charge in [-0.05, 0) is 50.3 Å². The van der Waals surface area contributed by atoms with Crippen LogP contribution in [-0.2, 0) is 5.41 Å². The maximum absolute atomic E-state index is 3.77. The maximum Gasteiger partial charge on any atom is 0.0221 e. The lowest BCUT2D eigenvalue weighted by Gasteiger charge is -2.31. The van der Waals surface area contributed by atoms with Crippen LogP contribution >= 0.6 is 0 Å². The molecule has 118 valence electrons. The predicted octanol–water partition coefficient (Wildman–Crippen LogP) is 3.82. The van der Waals surface area contributed by atoms with Gasteiger partial charge < -0.3 is 5.32 Å². The molecule has 1 saturated heterocycles. The molecule has 1 fully saturated rings. The number of hydrogen-bond donors (Lipinski definition) is 1. The summed E-state index contributed by atoms with van der Waals surface area (Å²) in [4.78, 5) is 2.61. The van der Waals surface area contributed by atoms with Gasteiger partial charge in [0.2, 0.25) is 0 Å². The lowest BCUT2D eigenvalue weighted by Crippen LogP contribution is -2.42. The molecule has 0 aromatic heterocycles. The second kappa shape index (κ2) is 7.42. The van der Waals surface area contributed by atoms with E-state index in [9.17, 15) is 0 Å². The van der Waals surface area contributed by atoms with Crippen LogP contribution in [0.2, 0.25) is 0 Å². The fourth-order valence-corrected chi connectivity index (χ4v) is 3.72. The minimum atomic E-state index is 0.230. The molecule has 0 aliphatic carbocycles. The number of nitrogens with zero attached hydrogens (tertiary/aromatic N) is 1. The molecule has 1 N–H and O–H groups in total. The molecular weight excluding hydrogens is 256 g/mol. The Balaban J connectivity index is 1.82. The lowest BCUT2D eigenvalue weighted by atomic mass is 9.79. The minimum Gasteiger partial charge on any atom is -0.313 e. The Hall–Kier alpha value is -0.860. The first-order valence-electron chi connectivity index (χ1n) is 8.56. The van der Waals surface area contributed by atoms with E-state index in [-0.39, 0.29) is 5.41 Å². The molecule has 2 unspecified atom stereocenters. The number of hydrogen-bond acceptors (Lipinski definition) is 2. The summed E-state index contributed by atoms with van der Waals surface area (Å²) in [6.45, 7) is 12.9. The quantitative estimate of drug-likeness (QED) is 0.820. The molecule has 1 aromatic rings. The highest BCUT2D eigenvalue weighted by atomic mass is 15.2. The highest BCUT2D eigenvalue weighted by Crippen LogP contribution is 2.28. The first-order valence-corrected chi connectivity index (χ1v) is 8.56. The molecule has 0 bridgehead atoms. The topological polar surface area (TPSA) is 15.3 Å². The Morgan fingerprint density at radius 1 is 1.29 bits per heavy atom. The van der Waals surface area contributed by atoms with Crippen molar-refractivity contribution in [3.63, 3.8) is 0 Å². The monoisotopic (exact) mass is 288 g/mol. The van der Waals surface area contributed by atoms with Crippen molar-refractivity contribution >= 4 is 0 Å². The van der Waals surface area contributed by atoms with Gasteiger partial charge >= 0.3 is 0 Å². The number of benzene rings is 1. The zero-order valence-electron chi connectivity index (χ0n) is 14.2. The molecule has 1 aromatic carbocycles. The molecule has 0 amide bonds. The molecule has 1 aliphatic rings. The van der Waals surface area contributed by atoms with Crippen LogP contribution < -0.4 is 5.32 Å². The molecule has 2 nitrogen and oxygen atoms in total. The van der Waals surface area contributed by atoms with Crippen molar-refractivity contribution in [2.45, 2.75) is 64.5 Å². The van der Waals surface area contributed by atoms with Gasteiger partial charge in [-0.15, -0.1) is 0 Å². The van der Waals surface area contributed by atoms with Gasteiger partial charge in [-0.1, -0.05) is 51.1 Å². The Morgan fingerprint density at radius 3 is 2.67 bits per heavy atom. The Labute approximate surface area is 130 Å². The Bertz CT molecular complexity index is 413. The number of nitrogens with one attached hydrogen (secondary N) is 1. The first-order chi connectivity index (χ1) is 10.0. The van der Waals surface area contributed by atoms with E-state index in [4.69, 9.17) is 0 Å². The summed E-state index contributed by atoms with van der Waals surface area (Å²) in [5.74, 6) is 0. The zero-order chi connectivity index (χ0) is 15.3. The maximum atomic E-state index is 3.77. The van der Waals surface area contributed by atoms with Gasteiger partial charge in [0.25, 0.3) is 0 Å². The molecule has 2 rings (SSSR count). The van der Waals surface area contributed by atoms with E-state index in [1.165, 1.54) is 37.9 Å². The average Bonchev–Trinajstić information content (AvgIpc) is 2.93. The van der Waals surface area contributed by atoms with Gasteiger partial charge in [-0.2, -0.15) is 0 Å².